The van der Waals surface area contributed by atoms with Crippen molar-refractivity contribution in [1.82, 2.24) is 4.90 Å². The number of ether oxygens (including phenoxy) is 1. The van der Waals surface area contributed by atoms with Crippen LogP contribution in [0, 0.1) is 5.82 Å². The van der Waals surface area contributed by atoms with Crippen LogP contribution in [-0.2, 0) is 11.3 Å². The molecule has 1 heterocycles. The van der Waals surface area contributed by atoms with Gasteiger partial charge in [0.1, 0.15) is 5.82 Å². The maximum absolute atomic E-state index is 13.5. The van der Waals surface area contributed by atoms with E-state index in [1.165, 1.54) is 12.1 Å². The molecule has 1 fully saturated rings. The highest BCUT2D eigenvalue weighted by Crippen LogP contribution is 2.18. The van der Waals surface area contributed by atoms with Gasteiger partial charge in [0.25, 0.3) is 0 Å². The highest BCUT2D eigenvalue weighted by atomic mass is 35.5. The molecule has 2 aromatic rings. The summed E-state index contributed by atoms with van der Waals surface area (Å²) in [5, 5.41) is 4.49. The molecule has 132 valence electrons. The third-order valence-electron chi connectivity index (χ3n) is 4.09. The fourth-order valence-electron chi connectivity index (χ4n) is 2.84. The SMILES string of the molecule is Fc1cccc(CN(CC2CCCO2)C(=S)Nc2ccc(Cl)cc2)c1. The molecule has 3 nitrogen and oxygen atoms in total. The van der Waals surface area contributed by atoms with E-state index in [-0.39, 0.29) is 11.9 Å². The van der Waals surface area contributed by atoms with Gasteiger partial charge in [0.15, 0.2) is 5.11 Å². The van der Waals surface area contributed by atoms with E-state index >= 15 is 0 Å². The van der Waals surface area contributed by atoms with Gasteiger partial charge in [-0.3, -0.25) is 0 Å². The Morgan fingerprint density at radius 3 is 2.76 bits per heavy atom. The molecule has 1 aliphatic heterocycles. The van der Waals surface area contributed by atoms with E-state index in [1.54, 1.807) is 6.07 Å². The standard InChI is InChI=1S/C19H20ClFN2OS/c20-15-6-8-17(9-7-15)22-19(25)23(13-18-5-2-10-24-18)12-14-3-1-4-16(21)11-14/h1,3-4,6-9,11,18H,2,5,10,12-13H2,(H,22,25). The number of anilines is 1. The Labute approximate surface area is 157 Å². The maximum Gasteiger partial charge on any atom is 0.173 e. The highest BCUT2D eigenvalue weighted by molar-refractivity contribution is 7.80. The van der Waals surface area contributed by atoms with E-state index in [2.05, 4.69) is 5.32 Å². The average Bonchev–Trinajstić information content (AvgIpc) is 3.09. The Kier molecular flexibility index (Phi) is 6.24. The third kappa shape index (κ3) is 5.39. The molecule has 1 N–H and O–H groups in total. The summed E-state index contributed by atoms with van der Waals surface area (Å²) in [5.41, 5.74) is 1.74. The maximum atomic E-state index is 13.5. The van der Waals surface area contributed by atoms with Crippen molar-refractivity contribution in [2.45, 2.75) is 25.5 Å². The number of thiocarbonyl (C=S) groups is 1. The number of nitrogens with one attached hydrogen (secondary N) is 1. The lowest BCUT2D eigenvalue weighted by atomic mass is 10.2. The molecule has 0 bridgehead atoms. The number of rotatable bonds is 5. The Morgan fingerprint density at radius 1 is 1.28 bits per heavy atom. The molecule has 3 rings (SSSR count). The second-order valence-electron chi connectivity index (χ2n) is 6.08. The van der Waals surface area contributed by atoms with E-state index in [0.29, 0.717) is 23.2 Å². The van der Waals surface area contributed by atoms with Gasteiger partial charge in [0.05, 0.1) is 6.10 Å². The van der Waals surface area contributed by atoms with Gasteiger partial charge in [-0.15, -0.1) is 0 Å². The van der Waals surface area contributed by atoms with E-state index in [0.717, 1.165) is 30.7 Å². The van der Waals surface area contributed by atoms with Gasteiger partial charge in [-0.1, -0.05) is 23.7 Å². The lowest BCUT2D eigenvalue weighted by molar-refractivity contribution is 0.0905. The largest absolute Gasteiger partial charge is 0.376 e. The molecular formula is C19H20ClFN2OS. The molecule has 1 aliphatic rings. The molecule has 25 heavy (non-hydrogen) atoms. The summed E-state index contributed by atoms with van der Waals surface area (Å²) in [6, 6.07) is 14.0. The fraction of sp³-hybridized carbons (Fsp3) is 0.316. The van der Waals surface area contributed by atoms with Crippen molar-refractivity contribution in [2.24, 2.45) is 0 Å². The molecule has 0 saturated carbocycles. The minimum Gasteiger partial charge on any atom is -0.376 e. The van der Waals surface area contributed by atoms with Crippen LogP contribution < -0.4 is 5.32 Å². The lowest BCUT2D eigenvalue weighted by Gasteiger charge is -2.28. The molecular weight excluding hydrogens is 359 g/mol. The molecule has 6 heteroatoms. The number of hydrogen-bond donors (Lipinski definition) is 1. The Morgan fingerprint density at radius 2 is 2.08 bits per heavy atom. The van der Waals surface area contributed by atoms with E-state index in [4.69, 9.17) is 28.6 Å². The van der Waals surface area contributed by atoms with Gasteiger partial charge in [-0.2, -0.15) is 0 Å². The van der Waals surface area contributed by atoms with Crippen LogP contribution in [0.2, 0.25) is 5.02 Å². The van der Waals surface area contributed by atoms with Gasteiger partial charge in [-0.05, 0) is 67.0 Å². The zero-order chi connectivity index (χ0) is 17.6. The molecule has 0 amide bonds. The first kappa shape index (κ1) is 18.1. The van der Waals surface area contributed by atoms with Crippen LogP contribution in [0.3, 0.4) is 0 Å². The summed E-state index contributed by atoms with van der Waals surface area (Å²) in [4.78, 5) is 2.02. The number of hydrogen-bond acceptors (Lipinski definition) is 2. The van der Waals surface area contributed by atoms with Crippen LogP contribution in [0.1, 0.15) is 18.4 Å². The van der Waals surface area contributed by atoms with Crippen molar-refractivity contribution in [3.63, 3.8) is 0 Å². The first-order valence-electron chi connectivity index (χ1n) is 8.28. The van der Waals surface area contributed by atoms with Gasteiger partial charge in [-0.25, -0.2) is 4.39 Å². The molecule has 0 radical (unpaired) electrons. The molecule has 1 atom stereocenters. The smallest absolute Gasteiger partial charge is 0.173 e. The van der Waals surface area contributed by atoms with Crippen LogP contribution in [-0.4, -0.2) is 29.3 Å². The van der Waals surface area contributed by atoms with Crippen LogP contribution in [0.4, 0.5) is 10.1 Å². The summed E-state index contributed by atoms with van der Waals surface area (Å²) in [7, 11) is 0. The Hall–Kier alpha value is -1.69. The number of benzene rings is 2. The summed E-state index contributed by atoms with van der Waals surface area (Å²) in [6.45, 7) is 1.99. The highest BCUT2D eigenvalue weighted by Gasteiger charge is 2.21. The van der Waals surface area contributed by atoms with Gasteiger partial charge in [0.2, 0.25) is 0 Å². The zero-order valence-corrected chi connectivity index (χ0v) is 15.3. The monoisotopic (exact) mass is 378 g/mol. The summed E-state index contributed by atoms with van der Waals surface area (Å²) in [6.07, 6.45) is 2.23. The Bertz CT molecular complexity index is 720. The Balaban J connectivity index is 1.71. The van der Waals surface area contributed by atoms with Crippen molar-refractivity contribution < 1.29 is 9.13 Å². The molecule has 1 saturated heterocycles. The van der Waals surface area contributed by atoms with Crippen molar-refractivity contribution in [1.29, 1.82) is 0 Å². The molecule has 0 aliphatic carbocycles. The average molecular weight is 379 g/mol. The normalized spacial score (nSPS) is 16.6. The van der Waals surface area contributed by atoms with Crippen molar-refractivity contribution in [2.75, 3.05) is 18.5 Å². The number of halogens is 2. The zero-order valence-electron chi connectivity index (χ0n) is 13.8. The summed E-state index contributed by atoms with van der Waals surface area (Å²) >= 11 is 11.5. The van der Waals surface area contributed by atoms with Gasteiger partial charge in [0, 0.05) is 30.4 Å². The van der Waals surface area contributed by atoms with Crippen molar-refractivity contribution in [3.05, 3.63) is 64.9 Å². The third-order valence-corrected chi connectivity index (χ3v) is 4.71. The molecule has 1 unspecified atom stereocenters. The van der Waals surface area contributed by atoms with Gasteiger partial charge >= 0.3 is 0 Å². The second-order valence-corrected chi connectivity index (χ2v) is 6.91. The fourth-order valence-corrected chi connectivity index (χ4v) is 3.23. The lowest BCUT2D eigenvalue weighted by Crippen LogP contribution is -2.39. The topological polar surface area (TPSA) is 24.5 Å². The quantitative estimate of drug-likeness (QED) is 0.751. The molecule has 0 aromatic heterocycles. The first-order chi connectivity index (χ1) is 12.1. The van der Waals surface area contributed by atoms with Gasteiger partial charge < -0.3 is 15.0 Å². The van der Waals surface area contributed by atoms with E-state index in [1.807, 2.05) is 35.2 Å². The van der Waals surface area contributed by atoms with Crippen molar-refractivity contribution in [3.8, 4) is 0 Å². The van der Waals surface area contributed by atoms with Crippen molar-refractivity contribution >= 4 is 34.6 Å². The molecule has 0 spiro atoms. The van der Waals surface area contributed by atoms with Crippen LogP contribution in [0.25, 0.3) is 0 Å². The molecule has 2 aromatic carbocycles. The summed E-state index contributed by atoms with van der Waals surface area (Å²) in [5.74, 6) is -0.244. The summed E-state index contributed by atoms with van der Waals surface area (Å²) < 4.78 is 19.2. The first-order valence-corrected chi connectivity index (χ1v) is 9.06. The predicted octanol–water partition coefficient (Wildman–Crippen LogP) is 4.86. The van der Waals surface area contributed by atoms with E-state index in [9.17, 15) is 4.39 Å². The van der Waals surface area contributed by atoms with Crippen LogP contribution >= 0.6 is 23.8 Å². The van der Waals surface area contributed by atoms with E-state index < -0.39 is 0 Å². The van der Waals surface area contributed by atoms with Crippen LogP contribution in [0.15, 0.2) is 48.5 Å². The minimum absolute atomic E-state index is 0.151. The predicted molar refractivity (Wildman–Crippen MR) is 103 cm³/mol. The number of nitrogens with zero attached hydrogens (tertiary/aromatic N) is 1. The van der Waals surface area contributed by atoms with Crippen LogP contribution in [0.5, 0.6) is 0 Å². The minimum atomic E-state index is -0.244. The second kappa shape index (κ2) is 8.61.